The standard InChI is InChI=1S/C14H19N2O13P3S/c1-6-2-3-15-13-7(6)4-8(14(33)16-13)12-11(18)10(17)9(27-12)5-26-31(22,23)29-32(24,25)28-30(19,20)21/h2-4,9-12,17-18H,5H2,1H3,(H,22,23)(H,24,25)(H,15,16,33)(H2,19,20,21)/t9-,10+,11?,12+/m1/s1. The number of aliphatic hydroxyl groups is 2. The second-order valence-electron chi connectivity index (χ2n) is 6.91. The van der Waals surface area contributed by atoms with Crippen molar-refractivity contribution in [2.45, 2.75) is 31.3 Å². The molecular formula is C14H19N2O13P3S. The fourth-order valence-electron chi connectivity index (χ4n) is 3.08. The summed E-state index contributed by atoms with van der Waals surface area (Å²) in [4.78, 5) is 42.8. The average molecular weight is 548 g/mol. The van der Waals surface area contributed by atoms with E-state index in [0.29, 0.717) is 16.6 Å². The van der Waals surface area contributed by atoms with Crippen molar-refractivity contribution in [1.29, 1.82) is 0 Å². The predicted molar refractivity (Wildman–Crippen MR) is 111 cm³/mol. The number of rotatable bonds is 8. The Morgan fingerprint density at radius 1 is 1.12 bits per heavy atom. The van der Waals surface area contributed by atoms with Crippen molar-refractivity contribution < 1.29 is 61.4 Å². The first-order valence-corrected chi connectivity index (χ1v) is 13.8. The van der Waals surface area contributed by atoms with Crippen LogP contribution in [0.1, 0.15) is 17.2 Å². The number of nitrogens with one attached hydrogen (secondary N) is 1. The molecule has 3 heterocycles. The summed E-state index contributed by atoms with van der Waals surface area (Å²) < 4.78 is 51.3. The van der Waals surface area contributed by atoms with Crippen LogP contribution in [0.25, 0.3) is 11.0 Å². The number of ether oxygens (including phenoxy) is 1. The summed E-state index contributed by atoms with van der Waals surface area (Å²) in [7, 11) is -16.7. The van der Waals surface area contributed by atoms with Gasteiger partial charge in [-0.1, -0.05) is 12.2 Å². The van der Waals surface area contributed by atoms with Gasteiger partial charge in [-0.15, -0.1) is 0 Å². The van der Waals surface area contributed by atoms with E-state index in [1.807, 2.05) is 6.92 Å². The van der Waals surface area contributed by atoms with Crippen LogP contribution in [0.5, 0.6) is 0 Å². The molecule has 7 N–H and O–H groups in total. The van der Waals surface area contributed by atoms with Crippen molar-refractivity contribution >= 4 is 46.7 Å². The zero-order valence-corrected chi connectivity index (χ0v) is 20.0. The lowest BCUT2D eigenvalue weighted by molar-refractivity contribution is -0.0224. The summed E-state index contributed by atoms with van der Waals surface area (Å²) in [6, 6.07) is 3.36. The molecule has 1 aliphatic rings. The van der Waals surface area contributed by atoms with Crippen molar-refractivity contribution in [3.05, 3.63) is 34.1 Å². The molecule has 1 aliphatic heterocycles. The Bertz CT molecular complexity index is 1250. The first-order chi connectivity index (χ1) is 15.1. The molecule has 0 aromatic carbocycles. The molecule has 2 aromatic rings. The number of aromatic amines is 1. The van der Waals surface area contributed by atoms with Crippen LogP contribution in [0.3, 0.4) is 0 Å². The van der Waals surface area contributed by atoms with Crippen LogP contribution in [0.15, 0.2) is 18.3 Å². The number of pyridine rings is 2. The SMILES string of the molecule is Cc1ccnc2[nH]c(=S)c([C@@H]3O[C@H](COP(=O)(O)OP(=O)(O)OP(=O)(O)O)[C@H](O)C3O)cc12. The molecule has 19 heteroatoms. The van der Waals surface area contributed by atoms with Gasteiger partial charge in [-0.25, -0.2) is 18.7 Å². The van der Waals surface area contributed by atoms with Gasteiger partial charge in [-0.3, -0.25) is 4.52 Å². The largest absolute Gasteiger partial charge is 0.490 e. The highest BCUT2D eigenvalue weighted by Gasteiger charge is 2.46. The molecule has 2 aromatic heterocycles. The summed E-state index contributed by atoms with van der Waals surface area (Å²) in [5.74, 6) is 0. The van der Waals surface area contributed by atoms with Gasteiger partial charge >= 0.3 is 23.5 Å². The number of hydrogen-bond donors (Lipinski definition) is 7. The summed E-state index contributed by atoms with van der Waals surface area (Å²) in [5.41, 5.74) is 1.62. The van der Waals surface area contributed by atoms with Gasteiger partial charge in [0.1, 0.15) is 34.7 Å². The monoisotopic (exact) mass is 548 g/mol. The lowest BCUT2D eigenvalue weighted by Gasteiger charge is -2.19. The molecule has 0 bridgehead atoms. The lowest BCUT2D eigenvalue weighted by Crippen LogP contribution is -2.33. The molecule has 33 heavy (non-hydrogen) atoms. The third-order valence-corrected chi connectivity index (χ3v) is 8.63. The quantitative estimate of drug-likeness (QED) is 0.181. The highest BCUT2D eigenvalue weighted by Crippen LogP contribution is 2.66. The summed E-state index contributed by atoms with van der Waals surface area (Å²) >= 11 is 5.28. The summed E-state index contributed by atoms with van der Waals surface area (Å²) in [5, 5.41) is 21.4. The van der Waals surface area contributed by atoms with Gasteiger partial charge < -0.3 is 39.5 Å². The Hall–Kier alpha value is -0.930. The maximum atomic E-state index is 11.9. The molecule has 0 saturated carbocycles. The summed E-state index contributed by atoms with van der Waals surface area (Å²) in [6.07, 6.45) is -4.20. The molecule has 3 rings (SSSR count). The van der Waals surface area contributed by atoms with Gasteiger partial charge in [0.25, 0.3) is 0 Å². The van der Waals surface area contributed by atoms with E-state index in [4.69, 9.17) is 31.6 Å². The van der Waals surface area contributed by atoms with Crippen molar-refractivity contribution in [3.8, 4) is 0 Å². The number of aliphatic hydroxyl groups excluding tert-OH is 2. The van der Waals surface area contributed by atoms with E-state index in [-0.39, 0.29) is 4.64 Å². The van der Waals surface area contributed by atoms with Crippen LogP contribution < -0.4 is 0 Å². The van der Waals surface area contributed by atoms with E-state index < -0.39 is 54.5 Å². The normalized spacial score (nSPS) is 27.4. The molecule has 3 unspecified atom stereocenters. The Morgan fingerprint density at radius 3 is 2.42 bits per heavy atom. The van der Waals surface area contributed by atoms with Gasteiger partial charge in [0.05, 0.1) is 6.61 Å². The van der Waals surface area contributed by atoms with Gasteiger partial charge in [0.2, 0.25) is 0 Å². The lowest BCUT2D eigenvalue weighted by atomic mass is 10.0. The van der Waals surface area contributed by atoms with Gasteiger partial charge in [-0.2, -0.15) is 8.62 Å². The van der Waals surface area contributed by atoms with Crippen LogP contribution >= 0.6 is 35.7 Å². The van der Waals surface area contributed by atoms with Gasteiger partial charge in [0, 0.05) is 17.1 Å². The zero-order valence-electron chi connectivity index (χ0n) is 16.5. The van der Waals surface area contributed by atoms with E-state index in [2.05, 4.69) is 23.1 Å². The molecule has 1 saturated heterocycles. The topological polar surface area (TPSA) is 238 Å². The third-order valence-electron chi connectivity index (χ3n) is 4.49. The number of aromatic nitrogens is 2. The number of nitrogens with zero attached hydrogens (tertiary/aromatic N) is 1. The van der Waals surface area contributed by atoms with E-state index in [1.165, 1.54) is 0 Å². The molecule has 0 radical (unpaired) electrons. The first-order valence-electron chi connectivity index (χ1n) is 8.87. The number of H-pyrrole nitrogens is 1. The number of hydrogen-bond acceptors (Lipinski definition) is 11. The van der Waals surface area contributed by atoms with Crippen LogP contribution in [0, 0.1) is 11.6 Å². The maximum absolute atomic E-state index is 11.9. The maximum Gasteiger partial charge on any atom is 0.490 e. The van der Waals surface area contributed by atoms with Crippen molar-refractivity contribution in [3.63, 3.8) is 0 Å². The van der Waals surface area contributed by atoms with E-state index in [9.17, 15) is 28.8 Å². The minimum Gasteiger partial charge on any atom is -0.387 e. The average Bonchev–Trinajstić information content (AvgIpc) is 2.91. The van der Waals surface area contributed by atoms with Gasteiger partial charge in [-0.05, 0) is 24.6 Å². The van der Waals surface area contributed by atoms with Crippen molar-refractivity contribution in [2.75, 3.05) is 6.61 Å². The molecule has 0 amide bonds. The second-order valence-corrected chi connectivity index (χ2v) is 11.7. The van der Waals surface area contributed by atoms with E-state index in [1.54, 1.807) is 18.3 Å². The third kappa shape index (κ3) is 6.60. The fourth-order valence-corrected chi connectivity index (χ4v) is 6.38. The zero-order chi connectivity index (χ0) is 24.8. The predicted octanol–water partition coefficient (Wildman–Crippen LogP) is 1.11. The Morgan fingerprint density at radius 2 is 1.79 bits per heavy atom. The smallest absolute Gasteiger partial charge is 0.387 e. The van der Waals surface area contributed by atoms with E-state index >= 15 is 0 Å². The Labute approximate surface area is 190 Å². The highest BCUT2D eigenvalue weighted by molar-refractivity contribution is 7.71. The fraction of sp³-hybridized carbons (Fsp3) is 0.429. The van der Waals surface area contributed by atoms with Crippen LogP contribution in [0.2, 0.25) is 0 Å². The van der Waals surface area contributed by atoms with Crippen LogP contribution in [-0.4, -0.2) is 64.7 Å². The molecule has 0 aliphatic carbocycles. The Balaban J connectivity index is 1.74. The molecule has 0 spiro atoms. The summed E-state index contributed by atoms with van der Waals surface area (Å²) in [6.45, 7) is 0.889. The molecule has 15 nitrogen and oxygen atoms in total. The molecular weight excluding hydrogens is 529 g/mol. The number of phosphoric ester groups is 1. The highest BCUT2D eigenvalue weighted by atomic mass is 32.1. The minimum absolute atomic E-state index is 0.158. The first kappa shape index (κ1) is 26.7. The van der Waals surface area contributed by atoms with Crippen molar-refractivity contribution in [1.82, 2.24) is 9.97 Å². The van der Waals surface area contributed by atoms with E-state index in [0.717, 1.165) is 5.56 Å². The second kappa shape index (κ2) is 9.61. The van der Waals surface area contributed by atoms with Crippen LogP contribution in [0.4, 0.5) is 0 Å². The molecule has 184 valence electrons. The number of phosphoric acid groups is 3. The van der Waals surface area contributed by atoms with Crippen molar-refractivity contribution in [2.24, 2.45) is 0 Å². The minimum atomic E-state index is -5.70. The van der Waals surface area contributed by atoms with Crippen LogP contribution in [-0.2, 0) is 31.6 Å². The molecule has 1 fully saturated rings. The number of fused-ring (bicyclic) bond motifs is 1. The number of aryl methyl sites for hydroxylation is 1. The van der Waals surface area contributed by atoms with Gasteiger partial charge in [0.15, 0.2) is 0 Å². The molecule has 6 atom stereocenters. The Kier molecular flexibility index (Phi) is 7.77.